The van der Waals surface area contributed by atoms with Gasteiger partial charge in [0.05, 0.1) is 27.8 Å². The number of fused-ring (bicyclic) bond motifs is 9. The van der Waals surface area contributed by atoms with Crippen LogP contribution in [0.15, 0.2) is 217 Å². The fourth-order valence-electron chi connectivity index (χ4n) is 9.63. The fraction of sp³-hybridized carbons (Fsp3) is 0. The second-order valence-corrected chi connectivity index (χ2v) is 15.9. The summed E-state index contributed by atoms with van der Waals surface area (Å²) >= 11 is 0. The summed E-state index contributed by atoms with van der Waals surface area (Å²) in [6.07, 6.45) is 0. The molecule has 0 aliphatic heterocycles. The maximum Gasteiger partial charge on any atom is 0.168 e. The summed E-state index contributed by atoms with van der Waals surface area (Å²) in [7, 11) is 0. The molecular formula is C56H35N5O. The molecule has 62 heavy (non-hydrogen) atoms. The molecule has 0 amide bonds. The van der Waals surface area contributed by atoms with E-state index in [1.54, 1.807) is 0 Å². The van der Waals surface area contributed by atoms with Crippen LogP contribution in [-0.2, 0) is 0 Å². The molecule has 0 spiro atoms. The van der Waals surface area contributed by atoms with Crippen molar-refractivity contribution in [3.63, 3.8) is 0 Å². The average molecular weight is 794 g/mol. The molecule has 0 atom stereocenters. The van der Waals surface area contributed by atoms with E-state index in [1.165, 1.54) is 16.2 Å². The number of benzene rings is 9. The van der Waals surface area contributed by atoms with E-state index in [2.05, 4.69) is 190 Å². The zero-order chi connectivity index (χ0) is 40.7. The molecule has 0 aliphatic rings. The van der Waals surface area contributed by atoms with Crippen molar-refractivity contribution in [1.29, 1.82) is 0 Å². The summed E-state index contributed by atoms with van der Waals surface area (Å²) in [4.78, 5) is 0. The van der Waals surface area contributed by atoms with Crippen molar-refractivity contribution < 1.29 is 4.42 Å². The Kier molecular flexibility index (Phi) is 7.50. The maximum absolute atomic E-state index is 6.36. The van der Waals surface area contributed by atoms with Crippen molar-refractivity contribution in [2.24, 2.45) is 0 Å². The Balaban J connectivity index is 0.984. The lowest BCUT2D eigenvalue weighted by atomic mass is 10.0. The Hall–Kier alpha value is -8.48. The minimum absolute atomic E-state index is 0.790. The highest BCUT2D eigenvalue weighted by molar-refractivity contribution is 6.17. The van der Waals surface area contributed by atoms with Gasteiger partial charge in [-0.15, -0.1) is 10.2 Å². The van der Waals surface area contributed by atoms with E-state index < -0.39 is 0 Å². The van der Waals surface area contributed by atoms with Gasteiger partial charge in [-0.25, -0.2) is 0 Å². The van der Waals surface area contributed by atoms with E-state index >= 15 is 0 Å². The first-order valence-electron chi connectivity index (χ1n) is 20.9. The molecule has 4 heterocycles. The molecule has 0 saturated heterocycles. The molecular weight excluding hydrogens is 759 g/mol. The van der Waals surface area contributed by atoms with Crippen molar-refractivity contribution in [2.75, 3.05) is 0 Å². The smallest absolute Gasteiger partial charge is 0.168 e. The van der Waals surface area contributed by atoms with Gasteiger partial charge in [0.15, 0.2) is 11.6 Å². The summed E-state index contributed by atoms with van der Waals surface area (Å²) in [5, 5.41) is 16.5. The number of aromatic nitrogens is 5. The second kappa shape index (κ2) is 13.5. The standard InChI is InChI=1S/C56H35N5O/c1-3-16-36(17-4-1)55-57-58-56(60(55)39-19-5-2-6-20-39)38-30-31-51-45(33-38)42-23-9-13-28-50(42)61(51)48-26-11-7-22-41(48)37-18-15-21-40(32-37)59-49-27-12-8-24-43(49)46-35-54-47(34-52(46)59)44-25-10-14-29-53(44)62-54/h1-35H. The number of hydrogen-bond acceptors (Lipinski definition) is 3. The lowest BCUT2D eigenvalue weighted by Crippen LogP contribution is -2.00. The van der Waals surface area contributed by atoms with Gasteiger partial charge in [0.1, 0.15) is 11.2 Å². The van der Waals surface area contributed by atoms with Crippen LogP contribution in [0.2, 0.25) is 0 Å². The number of para-hydroxylation sites is 5. The van der Waals surface area contributed by atoms with E-state index in [0.29, 0.717) is 0 Å². The zero-order valence-electron chi connectivity index (χ0n) is 33.4. The molecule has 290 valence electrons. The van der Waals surface area contributed by atoms with Crippen LogP contribution in [0, 0.1) is 0 Å². The number of rotatable bonds is 6. The van der Waals surface area contributed by atoms with Crippen LogP contribution >= 0.6 is 0 Å². The zero-order valence-corrected chi connectivity index (χ0v) is 33.4. The van der Waals surface area contributed by atoms with E-state index in [0.717, 1.165) is 100 Å². The maximum atomic E-state index is 6.36. The van der Waals surface area contributed by atoms with E-state index in [1.807, 2.05) is 36.4 Å². The molecule has 0 unspecified atom stereocenters. The summed E-state index contributed by atoms with van der Waals surface area (Å²) in [5.74, 6) is 1.59. The largest absolute Gasteiger partial charge is 0.456 e. The highest BCUT2D eigenvalue weighted by Gasteiger charge is 2.22. The lowest BCUT2D eigenvalue weighted by Gasteiger charge is -2.16. The van der Waals surface area contributed by atoms with Crippen LogP contribution in [0.25, 0.3) is 117 Å². The fourth-order valence-corrected chi connectivity index (χ4v) is 9.63. The van der Waals surface area contributed by atoms with Gasteiger partial charge in [-0.2, -0.15) is 0 Å². The minimum Gasteiger partial charge on any atom is -0.456 e. The third-order valence-corrected chi connectivity index (χ3v) is 12.4. The molecule has 9 aromatic carbocycles. The third-order valence-electron chi connectivity index (χ3n) is 12.4. The van der Waals surface area contributed by atoms with Crippen molar-refractivity contribution in [2.45, 2.75) is 0 Å². The Morgan fingerprint density at radius 1 is 0.306 bits per heavy atom. The van der Waals surface area contributed by atoms with Crippen LogP contribution in [-0.4, -0.2) is 23.9 Å². The Labute approximate surface area is 355 Å². The molecule has 0 saturated carbocycles. The van der Waals surface area contributed by atoms with Crippen LogP contribution in [0.1, 0.15) is 0 Å². The molecule has 13 aromatic rings. The van der Waals surface area contributed by atoms with Gasteiger partial charge in [-0.3, -0.25) is 4.57 Å². The SMILES string of the molecule is c1ccc(-c2nnc(-c3ccc4c(c3)c3ccccc3n4-c3ccccc3-c3cccc(-n4c5ccccc5c5cc6oc7ccccc7c6cc54)c3)n2-c2ccccc2)cc1. The van der Waals surface area contributed by atoms with Gasteiger partial charge in [0, 0.05) is 60.4 Å². The first-order chi connectivity index (χ1) is 30.8. The predicted molar refractivity (Wildman–Crippen MR) is 254 cm³/mol. The van der Waals surface area contributed by atoms with Gasteiger partial charge in [0.2, 0.25) is 0 Å². The first kappa shape index (κ1) is 34.4. The monoisotopic (exact) mass is 793 g/mol. The highest BCUT2D eigenvalue weighted by Crippen LogP contribution is 2.41. The number of hydrogen-bond donors (Lipinski definition) is 0. The molecule has 6 heteroatoms. The summed E-state index contributed by atoms with van der Waals surface area (Å²) in [6, 6.07) is 75.2. The Morgan fingerprint density at radius 3 is 1.71 bits per heavy atom. The molecule has 0 radical (unpaired) electrons. The first-order valence-corrected chi connectivity index (χ1v) is 20.9. The third kappa shape index (κ3) is 5.17. The van der Waals surface area contributed by atoms with Gasteiger partial charge < -0.3 is 13.6 Å². The second-order valence-electron chi connectivity index (χ2n) is 15.9. The van der Waals surface area contributed by atoms with Gasteiger partial charge in [0.25, 0.3) is 0 Å². The molecule has 6 nitrogen and oxygen atoms in total. The van der Waals surface area contributed by atoms with Gasteiger partial charge >= 0.3 is 0 Å². The lowest BCUT2D eigenvalue weighted by molar-refractivity contribution is 0.669. The van der Waals surface area contributed by atoms with E-state index in [9.17, 15) is 0 Å². The van der Waals surface area contributed by atoms with E-state index in [4.69, 9.17) is 14.6 Å². The predicted octanol–water partition coefficient (Wildman–Crippen LogP) is 14.4. The average Bonchev–Trinajstić information content (AvgIpc) is 4.11. The van der Waals surface area contributed by atoms with Crippen molar-refractivity contribution in [3.8, 4) is 51.0 Å². The Morgan fingerprint density at radius 2 is 0.903 bits per heavy atom. The van der Waals surface area contributed by atoms with Gasteiger partial charge in [-0.05, 0) is 84.4 Å². The summed E-state index contributed by atoms with van der Waals surface area (Å²) in [6.45, 7) is 0. The van der Waals surface area contributed by atoms with Crippen molar-refractivity contribution in [1.82, 2.24) is 23.9 Å². The molecule has 0 fully saturated rings. The molecule has 0 bridgehead atoms. The van der Waals surface area contributed by atoms with Crippen LogP contribution in [0.4, 0.5) is 0 Å². The van der Waals surface area contributed by atoms with Crippen LogP contribution in [0.5, 0.6) is 0 Å². The summed E-state index contributed by atoms with van der Waals surface area (Å²) in [5.41, 5.74) is 13.8. The summed E-state index contributed by atoms with van der Waals surface area (Å²) < 4.78 is 13.3. The minimum atomic E-state index is 0.790. The van der Waals surface area contributed by atoms with Gasteiger partial charge in [-0.1, -0.05) is 133 Å². The van der Waals surface area contributed by atoms with Crippen LogP contribution < -0.4 is 0 Å². The highest BCUT2D eigenvalue weighted by atomic mass is 16.3. The number of furan rings is 1. The molecule has 0 N–H and O–H groups in total. The van der Waals surface area contributed by atoms with E-state index in [-0.39, 0.29) is 0 Å². The molecule has 0 aliphatic carbocycles. The topological polar surface area (TPSA) is 53.7 Å². The number of nitrogens with zero attached hydrogens (tertiary/aromatic N) is 5. The molecule has 4 aromatic heterocycles. The van der Waals surface area contributed by atoms with Crippen LogP contribution in [0.3, 0.4) is 0 Å². The Bertz CT molecular complexity index is 3870. The quantitative estimate of drug-likeness (QED) is 0.168. The normalized spacial score (nSPS) is 11.9. The van der Waals surface area contributed by atoms with Crippen molar-refractivity contribution in [3.05, 3.63) is 212 Å². The van der Waals surface area contributed by atoms with Crippen molar-refractivity contribution >= 4 is 65.6 Å². The molecule has 13 rings (SSSR count).